The molecule has 3 rings (SSSR count). The van der Waals surface area contributed by atoms with Crippen LogP contribution in [0.25, 0.3) is 0 Å². The Hall–Kier alpha value is -1.61. The molecule has 0 bridgehead atoms. The summed E-state index contributed by atoms with van der Waals surface area (Å²) in [6.07, 6.45) is 1.30. The van der Waals surface area contributed by atoms with Gasteiger partial charge in [-0.3, -0.25) is 9.79 Å². The van der Waals surface area contributed by atoms with Crippen LogP contribution < -0.4 is 5.32 Å². The van der Waals surface area contributed by atoms with Crippen molar-refractivity contribution < 1.29 is 13.2 Å². The fraction of sp³-hybridized carbons (Fsp3) is 0.684. The number of nitrogens with zero attached hydrogens (tertiary/aromatic N) is 3. The number of nitrogens with one attached hydrogen (secondary N) is 1. The quantitative estimate of drug-likeness (QED) is 0.583. The molecule has 0 saturated carbocycles. The van der Waals surface area contributed by atoms with Gasteiger partial charge < -0.3 is 15.1 Å². The molecular formula is C19H30N4O3S2. The lowest BCUT2D eigenvalue weighted by molar-refractivity contribution is -0.131. The average Bonchev–Trinajstić information content (AvgIpc) is 3.11. The molecule has 9 heteroatoms. The second-order valence-corrected chi connectivity index (χ2v) is 11.7. The monoisotopic (exact) mass is 426 g/mol. The molecule has 1 amide bonds. The number of aliphatic imine (C=N–C) groups is 1. The van der Waals surface area contributed by atoms with Crippen molar-refractivity contribution in [2.45, 2.75) is 44.9 Å². The highest BCUT2D eigenvalue weighted by atomic mass is 32.2. The summed E-state index contributed by atoms with van der Waals surface area (Å²) in [6, 6.07) is 2.10. The number of rotatable bonds is 4. The van der Waals surface area contributed by atoms with Crippen molar-refractivity contribution in [2.24, 2.45) is 4.99 Å². The third kappa shape index (κ3) is 4.51. The third-order valence-electron chi connectivity index (χ3n) is 5.43. The van der Waals surface area contributed by atoms with Crippen molar-refractivity contribution in [1.29, 1.82) is 0 Å². The number of thiophene rings is 1. The van der Waals surface area contributed by atoms with E-state index in [1.165, 1.54) is 10.4 Å². The smallest absolute Gasteiger partial charge is 0.224 e. The molecule has 156 valence electrons. The number of carbonyl (C=O) groups excluding carboxylic acids is 1. The molecule has 0 aromatic carbocycles. The number of amides is 1. The van der Waals surface area contributed by atoms with Crippen molar-refractivity contribution >= 4 is 33.0 Å². The lowest BCUT2D eigenvalue weighted by Crippen LogP contribution is -2.57. The van der Waals surface area contributed by atoms with E-state index in [4.69, 9.17) is 0 Å². The molecule has 1 aromatic heterocycles. The highest BCUT2D eigenvalue weighted by molar-refractivity contribution is 7.92. The number of guanidine groups is 1. The minimum Gasteiger partial charge on any atom is -0.357 e. The van der Waals surface area contributed by atoms with E-state index in [1.807, 2.05) is 16.7 Å². The van der Waals surface area contributed by atoms with Gasteiger partial charge in [0.25, 0.3) is 0 Å². The molecule has 0 aliphatic carbocycles. The van der Waals surface area contributed by atoms with E-state index in [0.717, 1.165) is 13.0 Å². The highest BCUT2D eigenvalue weighted by Crippen LogP contribution is 2.25. The van der Waals surface area contributed by atoms with Crippen LogP contribution in [0.3, 0.4) is 0 Å². The van der Waals surface area contributed by atoms with Crippen molar-refractivity contribution in [3.8, 4) is 0 Å². The Kier molecular flexibility index (Phi) is 6.34. The lowest BCUT2D eigenvalue weighted by atomic mass is 10.1. The number of hydrogen-bond donors (Lipinski definition) is 1. The molecule has 0 radical (unpaired) electrons. The first-order chi connectivity index (χ1) is 13.2. The molecule has 1 aromatic rings. The van der Waals surface area contributed by atoms with Gasteiger partial charge in [-0.05, 0) is 44.2 Å². The van der Waals surface area contributed by atoms with Crippen LogP contribution in [0.15, 0.2) is 16.4 Å². The zero-order chi connectivity index (χ0) is 20.4. The zero-order valence-electron chi connectivity index (χ0n) is 16.9. The molecule has 1 fully saturated rings. The predicted molar refractivity (Wildman–Crippen MR) is 113 cm³/mol. The largest absolute Gasteiger partial charge is 0.357 e. The van der Waals surface area contributed by atoms with Crippen LogP contribution in [0.2, 0.25) is 0 Å². The summed E-state index contributed by atoms with van der Waals surface area (Å²) in [6.45, 7) is 8.90. The fourth-order valence-corrected chi connectivity index (χ4v) is 5.88. The van der Waals surface area contributed by atoms with Gasteiger partial charge in [-0.15, -0.1) is 11.3 Å². The molecule has 28 heavy (non-hydrogen) atoms. The summed E-state index contributed by atoms with van der Waals surface area (Å²) in [7, 11) is -3.09. The van der Waals surface area contributed by atoms with Gasteiger partial charge >= 0.3 is 0 Å². The minimum absolute atomic E-state index is 0.123. The van der Waals surface area contributed by atoms with Gasteiger partial charge in [0.1, 0.15) is 0 Å². The van der Waals surface area contributed by atoms with Gasteiger partial charge in [0.05, 0.1) is 17.0 Å². The van der Waals surface area contributed by atoms with Crippen LogP contribution in [0.5, 0.6) is 0 Å². The molecule has 3 heterocycles. The summed E-state index contributed by atoms with van der Waals surface area (Å²) in [4.78, 5) is 22.5. The Labute approximate surface area is 171 Å². The Morgan fingerprint density at radius 1 is 1.32 bits per heavy atom. The fourth-order valence-electron chi connectivity index (χ4n) is 3.63. The van der Waals surface area contributed by atoms with Crippen molar-refractivity contribution in [1.82, 2.24) is 15.1 Å². The number of carbonyl (C=O) groups is 1. The van der Waals surface area contributed by atoms with Crippen molar-refractivity contribution in [2.75, 3.05) is 38.5 Å². The standard InChI is InChI=1S/C19H30N4O3S2/c1-4-20-18(23-10-12-28(25,26)19(2,3)14-23)21-8-5-17(24)22-9-6-16-15(13-22)7-11-27-16/h7,11H,4-6,8-10,12-14H2,1-3H3,(H,20,21). The summed E-state index contributed by atoms with van der Waals surface area (Å²) >= 11 is 1.77. The molecule has 2 aliphatic rings. The Morgan fingerprint density at radius 3 is 2.82 bits per heavy atom. The normalized spacial score (nSPS) is 21.3. The Bertz CT molecular complexity index is 845. The van der Waals surface area contributed by atoms with Crippen LogP contribution in [-0.2, 0) is 27.6 Å². The zero-order valence-corrected chi connectivity index (χ0v) is 18.5. The molecule has 0 atom stereocenters. The summed E-state index contributed by atoms with van der Waals surface area (Å²) < 4.78 is 23.7. The Balaban J connectivity index is 1.58. The maximum absolute atomic E-state index is 12.6. The molecule has 7 nitrogen and oxygen atoms in total. The molecule has 1 N–H and O–H groups in total. The van der Waals surface area contributed by atoms with E-state index in [0.29, 0.717) is 45.1 Å². The molecule has 1 saturated heterocycles. The van der Waals surface area contributed by atoms with Crippen LogP contribution in [0.4, 0.5) is 0 Å². The predicted octanol–water partition coefficient (Wildman–Crippen LogP) is 1.50. The SMILES string of the molecule is CCNC(=NCCC(=O)N1CCc2sccc2C1)N1CCS(=O)(=O)C(C)(C)C1. The first-order valence-corrected chi connectivity index (χ1v) is 12.4. The van der Waals surface area contributed by atoms with Crippen LogP contribution in [-0.4, -0.2) is 73.3 Å². The van der Waals surface area contributed by atoms with Gasteiger partial charge in [0.2, 0.25) is 5.91 Å². The van der Waals surface area contributed by atoms with E-state index in [1.54, 1.807) is 25.2 Å². The molecular weight excluding hydrogens is 396 g/mol. The Morgan fingerprint density at radius 2 is 2.11 bits per heavy atom. The molecule has 0 unspecified atom stereocenters. The summed E-state index contributed by atoms with van der Waals surface area (Å²) in [5, 5.41) is 5.33. The lowest BCUT2D eigenvalue weighted by Gasteiger charge is -2.39. The van der Waals surface area contributed by atoms with E-state index < -0.39 is 14.6 Å². The highest BCUT2D eigenvalue weighted by Gasteiger charge is 2.41. The third-order valence-corrected chi connectivity index (χ3v) is 8.98. The van der Waals surface area contributed by atoms with Gasteiger partial charge in [-0.1, -0.05) is 0 Å². The summed E-state index contributed by atoms with van der Waals surface area (Å²) in [5.41, 5.74) is 1.26. The minimum atomic E-state index is -3.09. The first kappa shape index (κ1) is 21.1. The van der Waals surface area contributed by atoms with Gasteiger partial charge in [-0.2, -0.15) is 0 Å². The number of sulfone groups is 1. The van der Waals surface area contributed by atoms with Crippen molar-refractivity contribution in [3.63, 3.8) is 0 Å². The molecule has 2 aliphatic heterocycles. The van der Waals surface area contributed by atoms with E-state index in [2.05, 4.69) is 21.8 Å². The maximum Gasteiger partial charge on any atom is 0.224 e. The second-order valence-electron chi connectivity index (χ2n) is 7.92. The molecule has 0 spiro atoms. The van der Waals surface area contributed by atoms with Crippen LogP contribution in [0.1, 0.15) is 37.6 Å². The van der Waals surface area contributed by atoms with E-state index >= 15 is 0 Å². The first-order valence-electron chi connectivity index (χ1n) is 9.82. The van der Waals surface area contributed by atoms with Crippen molar-refractivity contribution in [3.05, 3.63) is 21.9 Å². The van der Waals surface area contributed by atoms with E-state index in [-0.39, 0.29) is 11.7 Å². The van der Waals surface area contributed by atoms with Gasteiger partial charge in [0.15, 0.2) is 15.8 Å². The maximum atomic E-state index is 12.6. The number of fused-ring (bicyclic) bond motifs is 1. The van der Waals surface area contributed by atoms with Crippen LogP contribution >= 0.6 is 11.3 Å². The average molecular weight is 427 g/mol. The topological polar surface area (TPSA) is 82.1 Å². The second kappa shape index (κ2) is 8.41. The summed E-state index contributed by atoms with van der Waals surface area (Å²) in [5.74, 6) is 0.940. The van der Waals surface area contributed by atoms with Crippen LogP contribution in [0, 0.1) is 0 Å². The number of hydrogen-bond acceptors (Lipinski definition) is 5. The van der Waals surface area contributed by atoms with Gasteiger partial charge in [-0.25, -0.2) is 8.42 Å². The van der Waals surface area contributed by atoms with Gasteiger partial charge in [0, 0.05) is 44.0 Å². The van der Waals surface area contributed by atoms with E-state index in [9.17, 15) is 13.2 Å².